The molecular weight excluding hydrogens is 182 g/mol. The zero-order valence-electron chi connectivity index (χ0n) is 8.83. The Bertz CT molecular complexity index is 249. The van der Waals surface area contributed by atoms with Gasteiger partial charge in [0.2, 0.25) is 5.91 Å². The van der Waals surface area contributed by atoms with E-state index in [0.717, 1.165) is 0 Å². The predicted octanol–water partition coefficient (Wildman–Crippen LogP) is 1.01. The number of aliphatic carboxylic acids is 1. The molecule has 1 fully saturated rings. The molecular formula is C10H17NO3. The molecule has 1 aliphatic rings. The van der Waals surface area contributed by atoms with E-state index in [1.807, 2.05) is 20.8 Å². The topological polar surface area (TPSA) is 66.4 Å². The first-order valence-electron chi connectivity index (χ1n) is 4.84. The molecule has 0 radical (unpaired) electrons. The normalized spacial score (nSPS) is 26.5. The minimum atomic E-state index is -0.787. The average molecular weight is 199 g/mol. The van der Waals surface area contributed by atoms with E-state index in [4.69, 9.17) is 5.11 Å². The third-order valence-electron chi connectivity index (χ3n) is 2.36. The number of rotatable bonds is 2. The first kappa shape index (κ1) is 11.0. The van der Waals surface area contributed by atoms with Crippen LogP contribution in [0.4, 0.5) is 0 Å². The van der Waals surface area contributed by atoms with Crippen LogP contribution in [0.1, 0.15) is 33.6 Å². The molecule has 0 aromatic rings. The summed E-state index contributed by atoms with van der Waals surface area (Å²) in [5.41, 5.74) is -0.231. The second-order valence-corrected chi connectivity index (χ2v) is 4.94. The predicted molar refractivity (Wildman–Crippen MR) is 51.7 cm³/mol. The van der Waals surface area contributed by atoms with E-state index in [2.05, 4.69) is 5.32 Å². The molecule has 0 atom stereocenters. The summed E-state index contributed by atoms with van der Waals surface area (Å²) in [6.07, 6.45) is 0.967. The molecule has 4 heteroatoms. The van der Waals surface area contributed by atoms with Crippen molar-refractivity contribution in [3.8, 4) is 0 Å². The summed E-state index contributed by atoms with van der Waals surface area (Å²) in [6.45, 7) is 5.74. The molecule has 0 aromatic carbocycles. The monoisotopic (exact) mass is 199 g/mol. The van der Waals surface area contributed by atoms with Gasteiger partial charge in [0.05, 0.1) is 5.92 Å². The Morgan fingerprint density at radius 1 is 1.21 bits per heavy atom. The van der Waals surface area contributed by atoms with Crippen LogP contribution in [-0.4, -0.2) is 22.5 Å². The number of carboxylic acid groups (broad SMARTS) is 1. The van der Waals surface area contributed by atoms with E-state index in [0.29, 0.717) is 12.8 Å². The summed E-state index contributed by atoms with van der Waals surface area (Å²) in [6, 6.07) is 0. The third kappa shape index (κ3) is 2.72. The van der Waals surface area contributed by atoms with E-state index >= 15 is 0 Å². The van der Waals surface area contributed by atoms with Crippen molar-refractivity contribution >= 4 is 11.9 Å². The van der Waals surface area contributed by atoms with E-state index in [-0.39, 0.29) is 23.3 Å². The first-order valence-corrected chi connectivity index (χ1v) is 4.84. The lowest BCUT2D eigenvalue weighted by molar-refractivity contribution is -0.148. The minimum Gasteiger partial charge on any atom is -0.481 e. The number of carbonyl (C=O) groups excluding carboxylic acids is 1. The Labute approximate surface area is 83.7 Å². The minimum absolute atomic E-state index is 0.0185. The van der Waals surface area contributed by atoms with Crippen molar-refractivity contribution in [1.82, 2.24) is 5.32 Å². The lowest BCUT2D eigenvalue weighted by Gasteiger charge is -2.33. The second-order valence-electron chi connectivity index (χ2n) is 4.94. The average Bonchev–Trinajstić information content (AvgIpc) is 1.75. The summed E-state index contributed by atoms with van der Waals surface area (Å²) in [5.74, 6) is -1.22. The largest absolute Gasteiger partial charge is 0.481 e. The van der Waals surface area contributed by atoms with Crippen molar-refractivity contribution in [1.29, 1.82) is 0 Å². The molecule has 0 aromatic heterocycles. The highest BCUT2D eigenvalue weighted by molar-refractivity contribution is 5.83. The molecule has 0 heterocycles. The fourth-order valence-electron chi connectivity index (χ4n) is 1.51. The summed E-state index contributed by atoms with van der Waals surface area (Å²) in [5, 5.41) is 11.5. The van der Waals surface area contributed by atoms with Crippen LogP contribution in [0.3, 0.4) is 0 Å². The smallest absolute Gasteiger partial charge is 0.306 e. The van der Waals surface area contributed by atoms with Gasteiger partial charge >= 0.3 is 5.97 Å². The summed E-state index contributed by atoms with van der Waals surface area (Å²) in [7, 11) is 0. The number of amides is 1. The van der Waals surface area contributed by atoms with Crippen LogP contribution < -0.4 is 5.32 Å². The summed E-state index contributed by atoms with van der Waals surface area (Å²) < 4.78 is 0. The van der Waals surface area contributed by atoms with Crippen molar-refractivity contribution < 1.29 is 14.7 Å². The van der Waals surface area contributed by atoms with E-state index in [1.54, 1.807) is 0 Å². The number of carbonyl (C=O) groups is 2. The highest BCUT2D eigenvalue weighted by atomic mass is 16.4. The third-order valence-corrected chi connectivity index (χ3v) is 2.36. The SMILES string of the molecule is CC(C)(C)NC(=O)C1CC(C(=O)O)C1. The molecule has 1 aliphatic carbocycles. The van der Waals surface area contributed by atoms with Crippen LogP contribution in [-0.2, 0) is 9.59 Å². The van der Waals surface area contributed by atoms with Gasteiger partial charge in [0, 0.05) is 11.5 Å². The van der Waals surface area contributed by atoms with Crippen molar-refractivity contribution in [2.75, 3.05) is 0 Å². The highest BCUT2D eigenvalue weighted by Crippen LogP contribution is 2.34. The zero-order chi connectivity index (χ0) is 10.9. The lowest BCUT2D eigenvalue weighted by atomic mass is 9.74. The van der Waals surface area contributed by atoms with Crippen molar-refractivity contribution in [2.24, 2.45) is 11.8 Å². The summed E-state index contributed by atoms with van der Waals surface area (Å²) in [4.78, 5) is 22.0. The molecule has 0 saturated heterocycles. The van der Waals surface area contributed by atoms with Crippen LogP contribution in [0, 0.1) is 11.8 Å². The van der Waals surface area contributed by atoms with Gasteiger partial charge in [0.25, 0.3) is 0 Å². The molecule has 14 heavy (non-hydrogen) atoms. The number of hydrogen-bond acceptors (Lipinski definition) is 2. The zero-order valence-corrected chi connectivity index (χ0v) is 8.83. The number of hydrogen-bond donors (Lipinski definition) is 2. The fourth-order valence-corrected chi connectivity index (χ4v) is 1.51. The molecule has 2 N–H and O–H groups in total. The number of carboxylic acids is 1. The van der Waals surface area contributed by atoms with Crippen LogP contribution in [0.5, 0.6) is 0 Å². The van der Waals surface area contributed by atoms with Gasteiger partial charge in [-0.15, -0.1) is 0 Å². The second kappa shape index (κ2) is 3.59. The maximum absolute atomic E-state index is 11.5. The first-order chi connectivity index (χ1) is 6.29. The molecule has 80 valence electrons. The standard InChI is InChI=1S/C10H17NO3/c1-10(2,3)11-8(12)6-4-7(5-6)9(13)14/h6-7H,4-5H2,1-3H3,(H,11,12)(H,13,14). The van der Waals surface area contributed by atoms with Gasteiger partial charge in [-0.1, -0.05) is 0 Å². The van der Waals surface area contributed by atoms with Crippen LogP contribution in [0.15, 0.2) is 0 Å². The Morgan fingerprint density at radius 3 is 2.07 bits per heavy atom. The molecule has 1 saturated carbocycles. The Kier molecular flexibility index (Phi) is 2.83. The van der Waals surface area contributed by atoms with Gasteiger partial charge < -0.3 is 10.4 Å². The van der Waals surface area contributed by atoms with Gasteiger partial charge in [0.15, 0.2) is 0 Å². The highest BCUT2D eigenvalue weighted by Gasteiger charge is 2.39. The molecule has 1 rings (SSSR count). The van der Waals surface area contributed by atoms with Gasteiger partial charge in [-0.25, -0.2) is 0 Å². The van der Waals surface area contributed by atoms with Crippen molar-refractivity contribution in [2.45, 2.75) is 39.2 Å². The molecule has 0 bridgehead atoms. The van der Waals surface area contributed by atoms with Crippen LogP contribution >= 0.6 is 0 Å². The molecule has 4 nitrogen and oxygen atoms in total. The van der Waals surface area contributed by atoms with Gasteiger partial charge in [0.1, 0.15) is 0 Å². The molecule has 0 aliphatic heterocycles. The van der Waals surface area contributed by atoms with Gasteiger partial charge in [-0.3, -0.25) is 9.59 Å². The Morgan fingerprint density at radius 2 is 1.71 bits per heavy atom. The Balaban J connectivity index is 2.34. The van der Waals surface area contributed by atoms with Gasteiger partial charge in [-0.2, -0.15) is 0 Å². The van der Waals surface area contributed by atoms with Gasteiger partial charge in [-0.05, 0) is 33.6 Å². The summed E-state index contributed by atoms with van der Waals surface area (Å²) >= 11 is 0. The maximum Gasteiger partial charge on any atom is 0.306 e. The van der Waals surface area contributed by atoms with E-state index < -0.39 is 5.97 Å². The molecule has 0 unspecified atom stereocenters. The molecule has 1 amide bonds. The maximum atomic E-state index is 11.5. The van der Waals surface area contributed by atoms with Crippen LogP contribution in [0.2, 0.25) is 0 Å². The quantitative estimate of drug-likeness (QED) is 0.697. The molecule has 0 spiro atoms. The fraction of sp³-hybridized carbons (Fsp3) is 0.800. The Hall–Kier alpha value is -1.06. The van der Waals surface area contributed by atoms with Crippen molar-refractivity contribution in [3.05, 3.63) is 0 Å². The lowest BCUT2D eigenvalue weighted by Crippen LogP contribution is -2.48. The van der Waals surface area contributed by atoms with Crippen molar-refractivity contribution in [3.63, 3.8) is 0 Å². The van der Waals surface area contributed by atoms with E-state index in [9.17, 15) is 9.59 Å². The van der Waals surface area contributed by atoms with E-state index in [1.165, 1.54) is 0 Å². The van der Waals surface area contributed by atoms with Crippen LogP contribution in [0.25, 0.3) is 0 Å². The number of nitrogens with one attached hydrogen (secondary N) is 1.